The van der Waals surface area contributed by atoms with Crippen molar-refractivity contribution in [2.75, 3.05) is 7.11 Å². The summed E-state index contributed by atoms with van der Waals surface area (Å²) in [7, 11) is 1.36. The van der Waals surface area contributed by atoms with Gasteiger partial charge in [-0.15, -0.1) is 0 Å². The molecular weight excluding hydrogens is 374 g/mol. The van der Waals surface area contributed by atoms with Crippen LogP contribution < -0.4 is 9.47 Å². The molecule has 3 rings (SSSR count). The van der Waals surface area contributed by atoms with Crippen LogP contribution in [0.25, 0.3) is 5.57 Å². The Morgan fingerprint density at radius 3 is 2.52 bits per heavy atom. The van der Waals surface area contributed by atoms with E-state index in [9.17, 15) is 9.90 Å². The topological polar surface area (TPSA) is 115 Å². The number of methoxy groups -OCH3 is 1. The van der Waals surface area contributed by atoms with Crippen LogP contribution in [0.5, 0.6) is 23.4 Å². The van der Waals surface area contributed by atoms with E-state index in [1.54, 1.807) is 48.5 Å². The average Bonchev–Trinajstić information content (AvgIpc) is 2.73. The first-order chi connectivity index (χ1) is 14.1. The van der Waals surface area contributed by atoms with Crippen LogP contribution in [0.4, 0.5) is 0 Å². The molecule has 0 radical (unpaired) electrons. The van der Waals surface area contributed by atoms with E-state index >= 15 is 0 Å². The molecule has 0 unspecified atom stereocenters. The third-order valence-corrected chi connectivity index (χ3v) is 3.67. The summed E-state index contributed by atoms with van der Waals surface area (Å²) in [6, 6.07) is 16.8. The van der Waals surface area contributed by atoms with Crippen LogP contribution in [0.15, 0.2) is 67.1 Å². The van der Waals surface area contributed by atoms with Gasteiger partial charge in [-0.25, -0.2) is 9.78 Å². The van der Waals surface area contributed by atoms with Gasteiger partial charge in [0.2, 0.25) is 5.88 Å². The Morgan fingerprint density at radius 1 is 1.07 bits per heavy atom. The first-order valence-electron chi connectivity index (χ1n) is 8.36. The van der Waals surface area contributed by atoms with Crippen LogP contribution in [-0.4, -0.2) is 28.2 Å². The summed E-state index contributed by atoms with van der Waals surface area (Å²) in [6.07, 6.45) is 2.54. The van der Waals surface area contributed by atoms with Gasteiger partial charge in [0.25, 0.3) is 0 Å². The Labute approximate surface area is 166 Å². The van der Waals surface area contributed by atoms with Crippen LogP contribution in [0, 0.1) is 11.3 Å². The molecule has 3 aromatic rings. The van der Waals surface area contributed by atoms with Crippen LogP contribution in [0.1, 0.15) is 11.1 Å². The van der Waals surface area contributed by atoms with Gasteiger partial charge in [0.15, 0.2) is 0 Å². The monoisotopic (exact) mass is 389 g/mol. The van der Waals surface area contributed by atoms with Crippen LogP contribution >= 0.6 is 0 Å². The van der Waals surface area contributed by atoms with E-state index in [0.29, 0.717) is 16.9 Å². The van der Waals surface area contributed by atoms with Crippen molar-refractivity contribution >= 4 is 11.5 Å². The van der Waals surface area contributed by atoms with Crippen LogP contribution in [-0.2, 0) is 9.53 Å². The van der Waals surface area contributed by atoms with Gasteiger partial charge >= 0.3 is 12.0 Å². The van der Waals surface area contributed by atoms with Gasteiger partial charge in [0.1, 0.15) is 23.1 Å². The number of rotatable bonds is 7. The first kappa shape index (κ1) is 19.4. The second-order valence-corrected chi connectivity index (χ2v) is 5.56. The number of benzene rings is 2. The molecule has 2 aromatic carbocycles. The van der Waals surface area contributed by atoms with Crippen molar-refractivity contribution in [1.82, 2.24) is 9.97 Å². The maximum atomic E-state index is 11.5. The van der Waals surface area contributed by atoms with E-state index < -0.39 is 5.97 Å². The van der Waals surface area contributed by atoms with Gasteiger partial charge in [-0.3, -0.25) is 0 Å². The summed E-state index contributed by atoms with van der Waals surface area (Å²) in [4.78, 5) is 19.7. The van der Waals surface area contributed by atoms with Crippen LogP contribution in [0.3, 0.4) is 0 Å². The largest absolute Gasteiger partial charge is 0.503 e. The molecule has 0 aliphatic heterocycles. The highest BCUT2D eigenvalue weighted by molar-refractivity contribution is 6.15. The van der Waals surface area contributed by atoms with Crippen molar-refractivity contribution in [2.24, 2.45) is 0 Å². The van der Waals surface area contributed by atoms with Crippen molar-refractivity contribution in [2.45, 2.75) is 0 Å². The molecule has 8 nitrogen and oxygen atoms in total. The lowest BCUT2D eigenvalue weighted by Crippen LogP contribution is -2.03. The number of hydrogen-bond acceptors (Lipinski definition) is 7. The predicted molar refractivity (Wildman–Crippen MR) is 102 cm³/mol. The number of hydrogen-bond donors (Lipinski definition) is 1. The Morgan fingerprint density at radius 2 is 1.79 bits per heavy atom. The Kier molecular flexibility index (Phi) is 6.02. The van der Waals surface area contributed by atoms with E-state index in [1.165, 1.54) is 19.4 Å². The number of para-hydroxylation sites is 2. The fourth-order valence-electron chi connectivity index (χ4n) is 2.42. The molecule has 0 spiro atoms. The summed E-state index contributed by atoms with van der Waals surface area (Å²) in [5, 5.41) is 18.6. The lowest BCUT2D eigenvalue weighted by Gasteiger charge is -2.11. The van der Waals surface area contributed by atoms with E-state index in [0.717, 1.165) is 6.26 Å². The SMILES string of the molecule is CO/C=C(/C(=O)O)c1ccccc1Oc1nccc(Oc2ccccc2C#N)n1. The molecule has 1 N–H and O–H groups in total. The van der Waals surface area contributed by atoms with Gasteiger partial charge in [0, 0.05) is 17.8 Å². The highest BCUT2D eigenvalue weighted by Crippen LogP contribution is 2.30. The van der Waals surface area contributed by atoms with Crippen molar-refractivity contribution in [3.8, 4) is 29.5 Å². The third kappa shape index (κ3) is 4.67. The summed E-state index contributed by atoms with van der Waals surface area (Å²) in [6.45, 7) is 0. The molecule has 0 aliphatic rings. The van der Waals surface area contributed by atoms with Crippen molar-refractivity contribution in [3.05, 3.63) is 78.2 Å². The minimum atomic E-state index is -1.17. The molecule has 0 fully saturated rings. The van der Waals surface area contributed by atoms with Gasteiger partial charge in [-0.05, 0) is 18.2 Å². The zero-order valence-corrected chi connectivity index (χ0v) is 15.3. The van der Waals surface area contributed by atoms with Gasteiger partial charge in [-0.1, -0.05) is 30.3 Å². The zero-order valence-electron chi connectivity index (χ0n) is 15.3. The molecule has 0 amide bonds. The van der Waals surface area contributed by atoms with Gasteiger partial charge in [0.05, 0.1) is 18.9 Å². The summed E-state index contributed by atoms with van der Waals surface area (Å²) in [5.74, 6) is -0.431. The Bertz CT molecular complexity index is 1110. The van der Waals surface area contributed by atoms with E-state index in [2.05, 4.69) is 9.97 Å². The van der Waals surface area contributed by atoms with Crippen LogP contribution in [0.2, 0.25) is 0 Å². The van der Waals surface area contributed by atoms with E-state index in [-0.39, 0.29) is 23.2 Å². The van der Waals surface area contributed by atoms with E-state index in [4.69, 9.17) is 19.5 Å². The van der Waals surface area contributed by atoms with Gasteiger partial charge < -0.3 is 19.3 Å². The van der Waals surface area contributed by atoms with Crippen molar-refractivity contribution < 1.29 is 24.1 Å². The molecule has 0 atom stereocenters. The normalized spacial score (nSPS) is 10.7. The van der Waals surface area contributed by atoms with Crippen molar-refractivity contribution in [3.63, 3.8) is 0 Å². The fourth-order valence-corrected chi connectivity index (χ4v) is 2.42. The number of ether oxygens (including phenoxy) is 3. The highest BCUT2D eigenvalue weighted by atomic mass is 16.5. The van der Waals surface area contributed by atoms with Crippen molar-refractivity contribution in [1.29, 1.82) is 5.26 Å². The van der Waals surface area contributed by atoms with Gasteiger partial charge in [-0.2, -0.15) is 10.2 Å². The number of aromatic nitrogens is 2. The summed E-state index contributed by atoms with van der Waals surface area (Å²) >= 11 is 0. The number of nitrogens with zero attached hydrogens (tertiary/aromatic N) is 3. The molecule has 0 saturated heterocycles. The smallest absolute Gasteiger partial charge is 0.339 e. The lowest BCUT2D eigenvalue weighted by molar-refractivity contribution is -0.130. The summed E-state index contributed by atoms with van der Waals surface area (Å²) < 4.78 is 16.2. The zero-order chi connectivity index (χ0) is 20.6. The third-order valence-electron chi connectivity index (χ3n) is 3.67. The average molecular weight is 389 g/mol. The molecule has 29 heavy (non-hydrogen) atoms. The maximum Gasteiger partial charge on any atom is 0.339 e. The molecule has 144 valence electrons. The minimum absolute atomic E-state index is 0.0495. The summed E-state index contributed by atoms with van der Waals surface area (Å²) in [5.41, 5.74) is 0.569. The molecular formula is C21H15N3O5. The molecule has 1 heterocycles. The minimum Gasteiger partial charge on any atom is -0.503 e. The predicted octanol–water partition coefficient (Wildman–Crippen LogP) is 4.00. The van der Waals surface area contributed by atoms with E-state index in [1.807, 2.05) is 6.07 Å². The number of carboxylic acid groups (broad SMARTS) is 1. The number of aliphatic carboxylic acids is 1. The molecule has 0 aliphatic carbocycles. The standard InChI is InChI=1S/C21H15N3O5/c1-27-13-16(20(25)26)15-7-3-5-9-18(15)29-21-23-11-10-19(24-21)28-17-8-4-2-6-14(17)12-22/h2-11,13H,1H3,(H,25,26)/b16-13+. The fraction of sp³-hybridized carbons (Fsp3) is 0.0476. The first-order valence-corrected chi connectivity index (χ1v) is 8.36. The Balaban J connectivity index is 1.89. The molecule has 0 bridgehead atoms. The number of carboxylic acids is 1. The molecule has 8 heteroatoms. The second-order valence-electron chi connectivity index (χ2n) is 5.56. The highest BCUT2D eigenvalue weighted by Gasteiger charge is 2.17. The second kappa shape index (κ2) is 9.01. The Hall–Kier alpha value is -4.38. The number of nitriles is 1. The lowest BCUT2D eigenvalue weighted by atomic mass is 10.1. The maximum absolute atomic E-state index is 11.5. The molecule has 0 saturated carbocycles. The molecule has 1 aromatic heterocycles. The quantitative estimate of drug-likeness (QED) is 0.476. The number of carbonyl (C=O) groups is 1.